The first-order chi connectivity index (χ1) is 14.5. The highest BCUT2D eigenvalue weighted by molar-refractivity contribution is 14.1. The quantitative estimate of drug-likeness (QED) is 0.417. The van der Waals surface area contributed by atoms with E-state index in [0.717, 1.165) is 4.43 Å². The molecule has 1 N–H and O–H groups in total. The molecule has 0 aliphatic carbocycles. The van der Waals surface area contributed by atoms with E-state index in [1.165, 1.54) is 6.33 Å². The van der Waals surface area contributed by atoms with Crippen molar-refractivity contribution in [3.8, 4) is 0 Å². The van der Waals surface area contributed by atoms with Gasteiger partial charge in [-0.3, -0.25) is 9.36 Å². The molecule has 2 aliphatic rings. The first kappa shape index (κ1) is 19.8. The van der Waals surface area contributed by atoms with E-state index >= 15 is 0 Å². The van der Waals surface area contributed by atoms with E-state index in [0.29, 0.717) is 22.5 Å². The molecule has 4 heterocycles. The van der Waals surface area contributed by atoms with Crippen molar-refractivity contribution in [2.75, 3.05) is 9.74 Å². The molecule has 2 aromatic heterocycles. The zero-order valence-corrected chi connectivity index (χ0v) is 18.5. The van der Waals surface area contributed by atoms with E-state index in [1.807, 2.05) is 36.6 Å². The predicted octanol–water partition coefficient (Wildman–Crippen LogP) is 2.93. The number of nitrogens with zero attached hydrogens (tertiary/aromatic N) is 4. The molecule has 4 atom stereocenters. The Morgan fingerprint density at radius 1 is 1.17 bits per heavy atom. The first-order valence-electron chi connectivity index (χ1n) is 9.58. The molecule has 1 amide bonds. The van der Waals surface area contributed by atoms with Crippen LogP contribution in [-0.2, 0) is 14.2 Å². The van der Waals surface area contributed by atoms with Gasteiger partial charge in [0.15, 0.2) is 29.0 Å². The van der Waals surface area contributed by atoms with Crippen LogP contribution < -0.4 is 5.32 Å². The minimum absolute atomic E-state index is 0.0982. The molecule has 3 aromatic rings. The molecular formula is C20H20IN5O4. The number of amides is 1. The lowest BCUT2D eigenvalue weighted by atomic mass is 10.1. The molecule has 30 heavy (non-hydrogen) atoms. The Hall–Kier alpha value is -2.15. The topological polar surface area (TPSA) is 100 Å². The van der Waals surface area contributed by atoms with Crippen molar-refractivity contribution >= 4 is 45.5 Å². The maximum Gasteiger partial charge on any atom is 0.256 e. The molecule has 2 saturated heterocycles. The molecule has 9 nitrogen and oxygen atoms in total. The second-order valence-corrected chi connectivity index (χ2v) is 8.53. The van der Waals surface area contributed by atoms with E-state index in [1.54, 1.807) is 18.5 Å². The fourth-order valence-corrected chi connectivity index (χ4v) is 4.61. The molecule has 0 saturated carbocycles. The zero-order valence-electron chi connectivity index (χ0n) is 16.4. The predicted molar refractivity (Wildman–Crippen MR) is 116 cm³/mol. The Morgan fingerprint density at radius 2 is 1.93 bits per heavy atom. The fraction of sp³-hybridized carbons (Fsp3) is 0.400. The van der Waals surface area contributed by atoms with Crippen LogP contribution in [-0.4, -0.2) is 54.0 Å². The number of imidazole rings is 1. The van der Waals surface area contributed by atoms with Crippen LogP contribution in [0.1, 0.15) is 30.4 Å². The summed E-state index contributed by atoms with van der Waals surface area (Å²) < 4.78 is 21.0. The Kier molecular flexibility index (Phi) is 4.96. The van der Waals surface area contributed by atoms with Crippen LogP contribution in [0.4, 0.5) is 5.82 Å². The van der Waals surface area contributed by atoms with Crippen molar-refractivity contribution in [1.29, 1.82) is 0 Å². The van der Waals surface area contributed by atoms with E-state index in [4.69, 9.17) is 14.2 Å². The summed E-state index contributed by atoms with van der Waals surface area (Å²) in [7, 11) is 0. The van der Waals surface area contributed by atoms with Crippen molar-refractivity contribution in [3.05, 3.63) is 48.5 Å². The third-order valence-corrected chi connectivity index (χ3v) is 6.05. The molecule has 156 valence electrons. The number of halogens is 1. The van der Waals surface area contributed by atoms with E-state index in [2.05, 4.69) is 42.9 Å². The third kappa shape index (κ3) is 3.37. The monoisotopic (exact) mass is 521 g/mol. The molecule has 2 aliphatic heterocycles. The number of rotatable bonds is 4. The van der Waals surface area contributed by atoms with Gasteiger partial charge in [-0.1, -0.05) is 40.8 Å². The highest BCUT2D eigenvalue weighted by Crippen LogP contribution is 2.44. The summed E-state index contributed by atoms with van der Waals surface area (Å²) >= 11 is 2.29. The second-order valence-electron chi connectivity index (χ2n) is 7.65. The number of aromatic nitrogens is 4. The summed E-state index contributed by atoms with van der Waals surface area (Å²) in [6.45, 7) is 3.80. The van der Waals surface area contributed by atoms with Gasteiger partial charge in [0.2, 0.25) is 0 Å². The summed E-state index contributed by atoms with van der Waals surface area (Å²) in [5.41, 5.74) is 1.58. The second kappa shape index (κ2) is 7.52. The average molecular weight is 521 g/mol. The first-order valence-corrected chi connectivity index (χ1v) is 11.1. The van der Waals surface area contributed by atoms with E-state index in [9.17, 15) is 4.79 Å². The number of fused-ring (bicyclic) bond motifs is 2. The lowest BCUT2D eigenvalue weighted by molar-refractivity contribution is -0.193. The highest BCUT2D eigenvalue weighted by atomic mass is 127. The van der Waals surface area contributed by atoms with E-state index in [-0.39, 0.29) is 24.2 Å². The van der Waals surface area contributed by atoms with Gasteiger partial charge in [0.25, 0.3) is 5.91 Å². The summed E-state index contributed by atoms with van der Waals surface area (Å²) in [5, 5.41) is 2.82. The Balaban J connectivity index is 1.47. The van der Waals surface area contributed by atoms with Crippen LogP contribution in [0.25, 0.3) is 11.2 Å². The van der Waals surface area contributed by atoms with Gasteiger partial charge in [0.1, 0.15) is 18.5 Å². The molecule has 0 bridgehead atoms. The number of carbonyl (C=O) groups is 1. The lowest BCUT2D eigenvalue weighted by Gasteiger charge is -2.24. The van der Waals surface area contributed by atoms with Crippen LogP contribution >= 0.6 is 22.6 Å². The van der Waals surface area contributed by atoms with Gasteiger partial charge in [-0.2, -0.15) is 0 Å². The van der Waals surface area contributed by atoms with Gasteiger partial charge in [-0.25, -0.2) is 15.0 Å². The minimum atomic E-state index is -0.679. The molecule has 0 radical (unpaired) electrons. The van der Waals surface area contributed by atoms with Gasteiger partial charge < -0.3 is 19.5 Å². The van der Waals surface area contributed by atoms with Crippen molar-refractivity contribution in [2.24, 2.45) is 0 Å². The summed E-state index contributed by atoms with van der Waals surface area (Å²) in [6.07, 6.45) is 2.06. The molecule has 1 aromatic carbocycles. The van der Waals surface area contributed by atoms with Gasteiger partial charge in [-0.15, -0.1) is 0 Å². The molecule has 0 spiro atoms. The number of ether oxygens (including phenoxy) is 3. The highest BCUT2D eigenvalue weighted by Gasteiger charge is 2.55. The average Bonchev–Trinajstić information content (AvgIpc) is 3.39. The number of hydrogen-bond donors (Lipinski definition) is 1. The van der Waals surface area contributed by atoms with Gasteiger partial charge in [0.05, 0.1) is 12.4 Å². The largest absolute Gasteiger partial charge is 0.348 e. The Bertz CT molecular complexity index is 1090. The number of anilines is 1. The van der Waals surface area contributed by atoms with Gasteiger partial charge in [-0.05, 0) is 26.0 Å². The number of benzene rings is 1. The van der Waals surface area contributed by atoms with Crippen LogP contribution in [0.3, 0.4) is 0 Å². The molecule has 10 heteroatoms. The smallest absolute Gasteiger partial charge is 0.256 e. The maximum atomic E-state index is 12.6. The van der Waals surface area contributed by atoms with Crippen molar-refractivity contribution < 1.29 is 19.0 Å². The van der Waals surface area contributed by atoms with Crippen molar-refractivity contribution in [3.63, 3.8) is 0 Å². The van der Waals surface area contributed by atoms with Crippen LogP contribution in [0.5, 0.6) is 0 Å². The van der Waals surface area contributed by atoms with E-state index < -0.39 is 12.0 Å². The molecule has 4 unspecified atom stereocenters. The van der Waals surface area contributed by atoms with Crippen LogP contribution in [0.15, 0.2) is 43.0 Å². The third-order valence-electron chi connectivity index (χ3n) is 5.18. The minimum Gasteiger partial charge on any atom is -0.348 e. The number of nitrogens with one attached hydrogen (secondary N) is 1. The summed E-state index contributed by atoms with van der Waals surface area (Å²) in [5.74, 6) is -0.597. The lowest BCUT2D eigenvalue weighted by Crippen LogP contribution is -2.30. The van der Waals surface area contributed by atoms with Crippen molar-refractivity contribution in [2.45, 2.75) is 44.2 Å². The molecule has 5 rings (SSSR count). The van der Waals surface area contributed by atoms with Crippen LogP contribution in [0, 0.1) is 0 Å². The normalized spacial score (nSPS) is 27.3. The number of alkyl halides is 1. The number of carbonyl (C=O) groups excluding carboxylic acids is 1. The fourth-order valence-electron chi connectivity index (χ4n) is 3.91. The zero-order chi connectivity index (χ0) is 20.9. The Labute approximate surface area is 186 Å². The van der Waals surface area contributed by atoms with Gasteiger partial charge in [0, 0.05) is 9.99 Å². The van der Waals surface area contributed by atoms with Gasteiger partial charge >= 0.3 is 0 Å². The maximum absolute atomic E-state index is 12.6. The molecule has 2 fully saturated rings. The number of hydrogen-bond acceptors (Lipinski definition) is 7. The Morgan fingerprint density at radius 3 is 2.70 bits per heavy atom. The standard InChI is InChI=1S/C20H20IN5O4/c1-20(2)29-14-12(8-21)28-19(15(14)30-20)26-10-24-13-16(22-9-23-17(13)26)25-18(27)11-6-4-3-5-7-11/h3-7,9-10,12,14-15,19H,8H2,1-2H3,(H,22,23,25,27). The summed E-state index contributed by atoms with van der Waals surface area (Å²) in [4.78, 5) is 25.6. The SMILES string of the molecule is CC1(C)OC2C(CI)OC(n3cnc4c(NC(=O)c5ccccc5)ncnc43)C2O1. The van der Waals surface area contributed by atoms with Crippen molar-refractivity contribution in [1.82, 2.24) is 19.5 Å². The summed E-state index contributed by atoms with van der Waals surface area (Å²) in [6, 6.07) is 8.95. The molecular weight excluding hydrogens is 501 g/mol. The van der Waals surface area contributed by atoms with Crippen LogP contribution in [0.2, 0.25) is 0 Å².